The maximum atomic E-state index is 12.3. The van der Waals surface area contributed by atoms with E-state index in [1.807, 2.05) is 27.1 Å². The van der Waals surface area contributed by atoms with E-state index in [1.54, 1.807) is 41.2 Å². The van der Waals surface area contributed by atoms with Gasteiger partial charge in [-0.25, -0.2) is 4.98 Å². The molecule has 6 heteroatoms. The lowest BCUT2D eigenvalue weighted by molar-refractivity contribution is 0.0784. The third-order valence-corrected chi connectivity index (χ3v) is 2.86. The number of hydrogen-bond acceptors (Lipinski definition) is 4. The highest BCUT2D eigenvalue weighted by Gasteiger charge is 2.13. The van der Waals surface area contributed by atoms with E-state index in [0.717, 1.165) is 5.56 Å². The van der Waals surface area contributed by atoms with Crippen LogP contribution in [0.5, 0.6) is 5.88 Å². The molecule has 0 aromatic carbocycles. The van der Waals surface area contributed by atoms with E-state index >= 15 is 0 Å². The van der Waals surface area contributed by atoms with Crippen molar-refractivity contribution in [3.63, 3.8) is 0 Å². The second-order valence-electron chi connectivity index (χ2n) is 5.24. The number of amides is 1. The summed E-state index contributed by atoms with van der Waals surface area (Å²) in [4.78, 5) is 18.1. The second-order valence-corrected chi connectivity index (χ2v) is 5.24. The Hall–Kier alpha value is -2.37. The lowest BCUT2D eigenvalue weighted by Gasteiger charge is -2.16. The molecule has 0 N–H and O–H groups in total. The zero-order valence-electron chi connectivity index (χ0n) is 12.8. The maximum Gasteiger partial charge on any atom is 0.255 e. The van der Waals surface area contributed by atoms with Gasteiger partial charge in [-0.15, -0.1) is 0 Å². The van der Waals surface area contributed by atoms with Crippen molar-refractivity contribution in [3.8, 4) is 5.88 Å². The number of pyridine rings is 1. The van der Waals surface area contributed by atoms with Gasteiger partial charge in [-0.05, 0) is 19.9 Å². The molecule has 21 heavy (non-hydrogen) atoms. The van der Waals surface area contributed by atoms with Crippen molar-refractivity contribution in [2.75, 3.05) is 7.05 Å². The van der Waals surface area contributed by atoms with Crippen LogP contribution in [0.3, 0.4) is 0 Å². The number of nitrogens with zero attached hydrogens (tertiary/aromatic N) is 4. The van der Waals surface area contributed by atoms with Crippen LogP contribution in [0.2, 0.25) is 0 Å². The largest absolute Gasteiger partial charge is 0.475 e. The normalized spacial score (nSPS) is 10.7. The molecule has 6 nitrogen and oxygen atoms in total. The summed E-state index contributed by atoms with van der Waals surface area (Å²) in [6.07, 6.45) is 5.25. The van der Waals surface area contributed by atoms with Crippen molar-refractivity contribution in [1.82, 2.24) is 19.7 Å². The van der Waals surface area contributed by atoms with Crippen molar-refractivity contribution in [2.24, 2.45) is 7.05 Å². The minimum absolute atomic E-state index is 0.0623. The van der Waals surface area contributed by atoms with Crippen LogP contribution in [0, 0.1) is 0 Å². The number of hydrogen-bond donors (Lipinski definition) is 0. The van der Waals surface area contributed by atoms with E-state index in [-0.39, 0.29) is 12.0 Å². The monoisotopic (exact) mass is 288 g/mol. The molecule has 0 saturated carbocycles. The third-order valence-electron chi connectivity index (χ3n) is 2.86. The summed E-state index contributed by atoms with van der Waals surface area (Å²) in [5.74, 6) is 0.443. The summed E-state index contributed by atoms with van der Waals surface area (Å²) >= 11 is 0. The van der Waals surface area contributed by atoms with E-state index in [0.29, 0.717) is 18.0 Å². The number of ether oxygens (including phenoxy) is 1. The van der Waals surface area contributed by atoms with Crippen molar-refractivity contribution in [2.45, 2.75) is 26.5 Å². The molecule has 0 saturated heterocycles. The second kappa shape index (κ2) is 6.39. The maximum absolute atomic E-state index is 12.3. The molecule has 2 aromatic rings. The summed E-state index contributed by atoms with van der Waals surface area (Å²) in [5.41, 5.74) is 1.53. The van der Waals surface area contributed by atoms with Crippen LogP contribution in [0.15, 0.2) is 30.7 Å². The topological polar surface area (TPSA) is 60.2 Å². The van der Waals surface area contributed by atoms with Gasteiger partial charge in [0.15, 0.2) is 0 Å². The van der Waals surface area contributed by atoms with Gasteiger partial charge in [0.25, 0.3) is 5.91 Å². The summed E-state index contributed by atoms with van der Waals surface area (Å²) < 4.78 is 7.18. The van der Waals surface area contributed by atoms with Gasteiger partial charge in [-0.2, -0.15) is 5.10 Å². The molecule has 0 aliphatic rings. The Morgan fingerprint density at radius 1 is 1.38 bits per heavy atom. The first-order chi connectivity index (χ1) is 9.95. The molecule has 0 atom stereocenters. The first-order valence-corrected chi connectivity index (χ1v) is 6.81. The Kier molecular flexibility index (Phi) is 4.57. The molecule has 0 fully saturated rings. The van der Waals surface area contributed by atoms with Crippen molar-refractivity contribution in [1.29, 1.82) is 0 Å². The molecular formula is C15H20N4O2. The third kappa shape index (κ3) is 4.05. The van der Waals surface area contributed by atoms with E-state index in [1.165, 1.54) is 0 Å². The molecule has 2 aromatic heterocycles. The van der Waals surface area contributed by atoms with Gasteiger partial charge in [0.1, 0.15) is 0 Å². The van der Waals surface area contributed by atoms with Crippen LogP contribution in [0.1, 0.15) is 29.8 Å². The molecule has 0 spiro atoms. The number of carbonyl (C=O) groups excluding carboxylic acids is 1. The highest BCUT2D eigenvalue weighted by atomic mass is 16.5. The van der Waals surface area contributed by atoms with E-state index in [2.05, 4.69) is 10.1 Å². The molecule has 2 heterocycles. The fourth-order valence-corrected chi connectivity index (χ4v) is 1.94. The Bertz CT molecular complexity index is 604. The smallest absolute Gasteiger partial charge is 0.255 e. The van der Waals surface area contributed by atoms with Crippen LogP contribution in [0.25, 0.3) is 0 Å². The fraction of sp³-hybridized carbons (Fsp3) is 0.400. The quantitative estimate of drug-likeness (QED) is 0.842. The van der Waals surface area contributed by atoms with Crippen LogP contribution in [-0.2, 0) is 13.6 Å². The predicted molar refractivity (Wildman–Crippen MR) is 79.0 cm³/mol. The van der Waals surface area contributed by atoms with Crippen molar-refractivity contribution >= 4 is 5.91 Å². The Morgan fingerprint density at radius 2 is 2.14 bits per heavy atom. The molecule has 0 radical (unpaired) electrons. The van der Waals surface area contributed by atoms with Crippen LogP contribution < -0.4 is 4.74 Å². The van der Waals surface area contributed by atoms with Gasteiger partial charge < -0.3 is 9.64 Å². The highest BCUT2D eigenvalue weighted by molar-refractivity contribution is 5.93. The Morgan fingerprint density at radius 3 is 2.67 bits per heavy atom. The van der Waals surface area contributed by atoms with Gasteiger partial charge in [-0.1, -0.05) is 0 Å². The Labute approximate surface area is 124 Å². The zero-order valence-corrected chi connectivity index (χ0v) is 12.8. The first kappa shape index (κ1) is 15.0. The molecule has 0 aliphatic heterocycles. The summed E-state index contributed by atoms with van der Waals surface area (Å²) in [5, 5.41) is 4.09. The van der Waals surface area contributed by atoms with E-state index in [4.69, 9.17) is 4.74 Å². The first-order valence-electron chi connectivity index (χ1n) is 6.81. The van der Waals surface area contributed by atoms with Crippen LogP contribution in [0.4, 0.5) is 0 Å². The van der Waals surface area contributed by atoms with Crippen LogP contribution >= 0.6 is 0 Å². The number of aryl methyl sites for hydroxylation is 1. The minimum Gasteiger partial charge on any atom is -0.475 e. The van der Waals surface area contributed by atoms with Gasteiger partial charge >= 0.3 is 0 Å². The van der Waals surface area contributed by atoms with E-state index in [9.17, 15) is 4.79 Å². The van der Waals surface area contributed by atoms with Gasteiger partial charge in [0.2, 0.25) is 5.88 Å². The lowest BCUT2D eigenvalue weighted by Crippen LogP contribution is -2.26. The molecule has 112 valence electrons. The molecule has 0 aliphatic carbocycles. The van der Waals surface area contributed by atoms with Crippen molar-refractivity contribution in [3.05, 3.63) is 41.9 Å². The molecular weight excluding hydrogens is 268 g/mol. The number of aromatic nitrogens is 3. The summed E-state index contributed by atoms with van der Waals surface area (Å²) in [6, 6.07) is 3.44. The SMILES string of the molecule is CC(C)Oc1ccc(C(=O)N(C)Cc2cnn(C)c2)cn1. The van der Waals surface area contributed by atoms with Crippen molar-refractivity contribution < 1.29 is 9.53 Å². The standard InChI is InChI=1S/C15H20N4O2/c1-11(2)21-14-6-5-13(8-16-14)15(20)18(3)9-12-7-17-19(4)10-12/h5-8,10-11H,9H2,1-4H3. The number of rotatable bonds is 5. The number of carbonyl (C=O) groups is 1. The predicted octanol–water partition coefficient (Wildman–Crippen LogP) is 1.87. The molecule has 1 amide bonds. The fourth-order valence-electron chi connectivity index (χ4n) is 1.94. The summed E-state index contributed by atoms with van der Waals surface area (Å²) in [7, 11) is 3.61. The van der Waals surface area contributed by atoms with Crippen LogP contribution in [-0.4, -0.2) is 38.7 Å². The average molecular weight is 288 g/mol. The van der Waals surface area contributed by atoms with Gasteiger partial charge in [0, 0.05) is 44.7 Å². The highest BCUT2D eigenvalue weighted by Crippen LogP contribution is 2.12. The molecule has 0 unspecified atom stereocenters. The Balaban J connectivity index is 2.01. The molecule has 0 bridgehead atoms. The van der Waals surface area contributed by atoms with Gasteiger partial charge in [0.05, 0.1) is 17.9 Å². The van der Waals surface area contributed by atoms with Gasteiger partial charge in [-0.3, -0.25) is 9.48 Å². The molecule has 2 rings (SSSR count). The lowest BCUT2D eigenvalue weighted by atomic mass is 10.2. The minimum atomic E-state index is -0.0811. The zero-order chi connectivity index (χ0) is 15.4. The van der Waals surface area contributed by atoms with E-state index < -0.39 is 0 Å². The average Bonchev–Trinajstić information content (AvgIpc) is 2.83. The summed E-state index contributed by atoms with van der Waals surface area (Å²) in [6.45, 7) is 4.38.